The van der Waals surface area contributed by atoms with Gasteiger partial charge in [-0.15, -0.1) is 0 Å². The molecule has 0 radical (unpaired) electrons. The summed E-state index contributed by atoms with van der Waals surface area (Å²) in [5.41, 5.74) is 0.601. The molecule has 1 aromatic rings. The minimum absolute atomic E-state index is 0.00615. The van der Waals surface area contributed by atoms with Crippen LogP contribution in [0.2, 0.25) is 0 Å². The third-order valence-electron chi connectivity index (χ3n) is 4.48. The quantitative estimate of drug-likeness (QED) is 0.681. The molecule has 24 heavy (non-hydrogen) atoms. The van der Waals surface area contributed by atoms with E-state index in [2.05, 4.69) is 30.8 Å². The van der Waals surface area contributed by atoms with Gasteiger partial charge in [0.2, 0.25) is 0 Å². The van der Waals surface area contributed by atoms with Crippen LogP contribution in [0.4, 0.5) is 4.79 Å². The van der Waals surface area contributed by atoms with Crippen molar-refractivity contribution in [2.24, 2.45) is 0 Å². The summed E-state index contributed by atoms with van der Waals surface area (Å²) in [4.78, 5) is 37.7. The molecule has 0 saturated carbocycles. The summed E-state index contributed by atoms with van der Waals surface area (Å²) in [5.74, 6) is -1.10. The smallest absolute Gasteiger partial charge is 0.328 e. The molecule has 0 aliphatic carbocycles. The van der Waals surface area contributed by atoms with Crippen LogP contribution in [0.25, 0.3) is 0 Å². The van der Waals surface area contributed by atoms with E-state index in [1.807, 2.05) is 24.3 Å². The summed E-state index contributed by atoms with van der Waals surface area (Å²) in [6.07, 6.45) is 0. The number of nitrogens with one attached hydrogen (secondary N) is 1. The highest BCUT2D eigenvalue weighted by Crippen LogP contribution is 2.32. The van der Waals surface area contributed by atoms with Gasteiger partial charge in [0.05, 0.1) is 7.11 Å². The zero-order valence-corrected chi connectivity index (χ0v) is 15.0. The first-order valence-electron chi connectivity index (χ1n) is 7.87. The van der Waals surface area contributed by atoms with Gasteiger partial charge < -0.3 is 10.1 Å². The largest absolute Gasteiger partial charge is 0.467 e. The van der Waals surface area contributed by atoms with Gasteiger partial charge >= 0.3 is 12.0 Å². The van der Waals surface area contributed by atoms with Crippen molar-refractivity contribution in [2.75, 3.05) is 7.11 Å². The molecule has 0 aromatic heterocycles. The topological polar surface area (TPSA) is 75.7 Å². The minimum Gasteiger partial charge on any atom is -0.467 e. The van der Waals surface area contributed by atoms with Gasteiger partial charge in [-0.3, -0.25) is 4.79 Å². The maximum absolute atomic E-state index is 12.8. The van der Waals surface area contributed by atoms with Crippen LogP contribution < -0.4 is 5.32 Å². The van der Waals surface area contributed by atoms with Crippen molar-refractivity contribution in [3.63, 3.8) is 0 Å². The first-order valence-corrected chi connectivity index (χ1v) is 7.87. The molecule has 1 aliphatic rings. The molecule has 0 bridgehead atoms. The van der Waals surface area contributed by atoms with Crippen LogP contribution in [0.1, 0.15) is 45.7 Å². The molecule has 1 N–H and O–H groups in total. The molecule has 1 heterocycles. The number of esters is 1. The summed E-state index contributed by atoms with van der Waals surface area (Å²) in [7, 11) is 1.22. The van der Waals surface area contributed by atoms with Crippen molar-refractivity contribution in [3.05, 3.63) is 35.4 Å². The van der Waals surface area contributed by atoms with E-state index >= 15 is 0 Å². The normalized spacial score (nSPS) is 22.3. The van der Waals surface area contributed by atoms with E-state index in [-0.39, 0.29) is 5.41 Å². The SMILES string of the molecule is COC(=O)C(C)N1C(=O)NC(C)(c2ccc(C(C)(C)C)cc2)C1=O. The van der Waals surface area contributed by atoms with Crippen molar-refractivity contribution < 1.29 is 19.1 Å². The summed E-state index contributed by atoms with van der Waals surface area (Å²) in [5, 5.41) is 2.69. The Hall–Kier alpha value is -2.37. The van der Waals surface area contributed by atoms with Crippen LogP contribution in [0.15, 0.2) is 24.3 Å². The van der Waals surface area contributed by atoms with E-state index in [1.165, 1.54) is 14.0 Å². The number of ether oxygens (including phenoxy) is 1. The first kappa shape index (κ1) is 18.0. The molecule has 2 unspecified atom stereocenters. The molecule has 6 heteroatoms. The van der Waals surface area contributed by atoms with Crippen LogP contribution >= 0.6 is 0 Å². The number of carbonyl (C=O) groups is 3. The summed E-state index contributed by atoms with van der Waals surface area (Å²) >= 11 is 0. The van der Waals surface area contributed by atoms with E-state index < -0.39 is 29.5 Å². The van der Waals surface area contributed by atoms with Crippen molar-refractivity contribution >= 4 is 17.9 Å². The minimum atomic E-state index is -1.20. The van der Waals surface area contributed by atoms with Crippen LogP contribution in [0.3, 0.4) is 0 Å². The number of benzene rings is 1. The monoisotopic (exact) mass is 332 g/mol. The van der Waals surface area contributed by atoms with Gasteiger partial charge in [-0.25, -0.2) is 14.5 Å². The molecule has 1 saturated heterocycles. The predicted molar refractivity (Wildman–Crippen MR) is 89.3 cm³/mol. The van der Waals surface area contributed by atoms with Crippen LogP contribution in [0.5, 0.6) is 0 Å². The first-order chi connectivity index (χ1) is 11.0. The lowest BCUT2D eigenvalue weighted by atomic mass is 9.84. The molecule has 6 nitrogen and oxygen atoms in total. The van der Waals surface area contributed by atoms with Gasteiger partial charge in [0.25, 0.3) is 5.91 Å². The van der Waals surface area contributed by atoms with Gasteiger partial charge in [0.1, 0.15) is 11.6 Å². The third-order valence-corrected chi connectivity index (χ3v) is 4.48. The number of nitrogens with zero attached hydrogens (tertiary/aromatic N) is 1. The number of hydrogen-bond donors (Lipinski definition) is 1. The average molecular weight is 332 g/mol. The Morgan fingerprint density at radius 2 is 1.75 bits per heavy atom. The van der Waals surface area contributed by atoms with E-state index in [4.69, 9.17) is 0 Å². The molecule has 130 valence electrons. The zero-order valence-electron chi connectivity index (χ0n) is 15.0. The van der Waals surface area contributed by atoms with Crippen LogP contribution in [0, 0.1) is 0 Å². The van der Waals surface area contributed by atoms with Crippen molar-refractivity contribution in [2.45, 2.75) is 51.6 Å². The van der Waals surface area contributed by atoms with E-state index in [0.29, 0.717) is 5.56 Å². The molecular weight excluding hydrogens is 308 g/mol. The van der Waals surface area contributed by atoms with E-state index in [0.717, 1.165) is 10.5 Å². The highest BCUT2D eigenvalue weighted by Gasteiger charge is 2.52. The number of carbonyl (C=O) groups excluding carboxylic acids is 3. The molecule has 1 aliphatic heterocycles. The van der Waals surface area contributed by atoms with Gasteiger partial charge in [0.15, 0.2) is 0 Å². The second kappa shape index (κ2) is 5.92. The molecule has 1 aromatic carbocycles. The summed E-state index contributed by atoms with van der Waals surface area (Å²) in [6, 6.07) is 6.01. The Labute approximate surface area is 142 Å². The van der Waals surface area contributed by atoms with Gasteiger partial charge in [-0.05, 0) is 30.4 Å². The molecule has 0 spiro atoms. The third kappa shape index (κ3) is 2.88. The Morgan fingerprint density at radius 1 is 1.21 bits per heavy atom. The Kier molecular flexibility index (Phi) is 4.44. The van der Waals surface area contributed by atoms with Crippen LogP contribution in [-0.4, -0.2) is 36.0 Å². The number of imide groups is 1. The number of hydrogen-bond acceptors (Lipinski definition) is 4. The lowest BCUT2D eigenvalue weighted by Gasteiger charge is -2.25. The number of rotatable bonds is 3. The van der Waals surface area contributed by atoms with Crippen molar-refractivity contribution in [1.29, 1.82) is 0 Å². The fraction of sp³-hybridized carbons (Fsp3) is 0.500. The molecule has 3 amide bonds. The number of amides is 3. The van der Waals surface area contributed by atoms with Crippen molar-refractivity contribution in [3.8, 4) is 0 Å². The standard InChI is InChI=1S/C18H24N2O4/c1-11(14(21)24-6)20-15(22)18(5,19-16(20)23)13-9-7-12(8-10-13)17(2,3)4/h7-11H,1-6H3,(H,19,23). The Balaban J connectivity index is 2.35. The molecule has 1 fully saturated rings. The average Bonchev–Trinajstić information content (AvgIpc) is 2.75. The fourth-order valence-corrected chi connectivity index (χ4v) is 2.79. The zero-order chi connectivity index (χ0) is 18.3. The van der Waals surface area contributed by atoms with Gasteiger partial charge in [0, 0.05) is 0 Å². The van der Waals surface area contributed by atoms with Gasteiger partial charge in [-0.1, -0.05) is 45.0 Å². The summed E-state index contributed by atoms with van der Waals surface area (Å²) in [6.45, 7) is 9.42. The second-order valence-corrected chi connectivity index (χ2v) is 7.26. The predicted octanol–water partition coefficient (Wildman–Crippen LogP) is 2.31. The molecule has 2 rings (SSSR count). The van der Waals surface area contributed by atoms with Gasteiger partial charge in [-0.2, -0.15) is 0 Å². The van der Waals surface area contributed by atoms with Crippen LogP contribution in [-0.2, 0) is 25.3 Å². The second-order valence-electron chi connectivity index (χ2n) is 7.26. The van der Waals surface area contributed by atoms with E-state index in [9.17, 15) is 14.4 Å². The lowest BCUT2D eigenvalue weighted by Crippen LogP contribution is -2.45. The highest BCUT2D eigenvalue weighted by molar-refractivity contribution is 6.09. The highest BCUT2D eigenvalue weighted by atomic mass is 16.5. The maximum atomic E-state index is 12.8. The van der Waals surface area contributed by atoms with E-state index in [1.54, 1.807) is 6.92 Å². The van der Waals surface area contributed by atoms with Crippen molar-refractivity contribution in [1.82, 2.24) is 10.2 Å². The lowest BCUT2D eigenvalue weighted by molar-refractivity contribution is -0.149. The molecule has 2 atom stereocenters. The Bertz CT molecular complexity index is 675. The molecular formula is C18H24N2O4. The number of methoxy groups -OCH3 is 1. The summed E-state index contributed by atoms with van der Waals surface area (Å²) < 4.78 is 4.64. The maximum Gasteiger partial charge on any atom is 0.328 e. The fourth-order valence-electron chi connectivity index (χ4n) is 2.79. The number of urea groups is 1. The Morgan fingerprint density at radius 3 is 2.21 bits per heavy atom.